The van der Waals surface area contributed by atoms with Crippen molar-refractivity contribution in [3.8, 4) is 0 Å². The van der Waals surface area contributed by atoms with Gasteiger partial charge in [0.25, 0.3) is 0 Å². The lowest BCUT2D eigenvalue weighted by molar-refractivity contribution is 0.347. The predicted octanol–water partition coefficient (Wildman–Crippen LogP) is 2.28. The third kappa shape index (κ3) is 3.04. The lowest BCUT2D eigenvalue weighted by Gasteiger charge is -2.04. The first-order valence-corrected chi connectivity index (χ1v) is 6.70. The number of benzene rings is 1. The monoisotopic (exact) mass is 285 g/mol. The van der Waals surface area contributed by atoms with E-state index in [4.69, 9.17) is 0 Å². The molecule has 1 rings (SSSR count). The fourth-order valence-electron chi connectivity index (χ4n) is 1.09. The topological polar surface area (TPSA) is 69.7 Å². The summed E-state index contributed by atoms with van der Waals surface area (Å²) in [4.78, 5) is -0.988. The van der Waals surface area contributed by atoms with E-state index in [2.05, 4.69) is 8.49 Å². The van der Waals surface area contributed by atoms with Crippen LogP contribution in [0.15, 0.2) is 17.0 Å². The number of hydrogen-bond acceptors (Lipinski definition) is 5. The minimum absolute atomic E-state index is 0.454. The molecule has 0 N–H and O–H groups in total. The van der Waals surface area contributed by atoms with Crippen LogP contribution in [-0.4, -0.2) is 15.5 Å². The molecule has 0 spiro atoms. The summed E-state index contributed by atoms with van der Waals surface area (Å²) >= 11 is 0. The summed E-state index contributed by atoms with van der Waals surface area (Å²) in [6.45, 7) is 1.06. The lowest BCUT2D eigenvalue weighted by atomic mass is 10.2. The SMILES string of the molecule is CO[P+](=O)OS(=O)(=O)c1c(F)ccc(F)c1C. The highest BCUT2D eigenvalue weighted by Gasteiger charge is 2.35. The summed E-state index contributed by atoms with van der Waals surface area (Å²) in [5.74, 6) is -2.11. The Labute approximate surface area is 97.4 Å². The van der Waals surface area contributed by atoms with Crippen molar-refractivity contribution < 1.29 is 30.3 Å². The number of halogens is 2. The van der Waals surface area contributed by atoms with Gasteiger partial charge in [-0.3, -0.25) is 0 Å². The molecule has 0 bridgehead atoms. The Kier molecular flexibility index (Phi) is 4.26. The van der Waals surface area contributed by atoms with Crippen LogP contribution < -0.4 is 0 Å². The van der Waals surface area contributed by atoms with Crippen LogP contribution in [0.25, 0.3) is 0 Å². The Morgan fingerprint density at radius 2 is 1.76 bits per heavy atom. The predicted molar refractivity (Wildman–Crippen MR) is 54.0 cm³/mol. The van der Waals surface area contributed by atoms with E-state index in [9.17, 15) is 21.8 Å². The van der Waals surface area contributed by atoms with Crippen LogP contribution in [0.4, 0.5) is 8.78 Å². The van der Waals surface area contributed by atoms with Gasteiger partial charge in [0.15, 0.2) is 0 Å². The van der Waals surface area contributed by atoms with E-state index in [0.717, 1.165) is 20.1 Å². The normalized spacial score (nSPS) is 12.6. The second-order valence-corrected chi connectivity index (χ2v) is 5.64. The van der Waals surface area contributed by atoms with Gasteiger partial charge in [0.05, 0.1) is 7.11 Å². The minimum atomic E-state index is -4.68. The highest BCUT2D eigenvalue weighted by atomic mass is 32.2. The molecule has 0 saturated carbocycles. The van der Waals surface area contributed by atoms with Crippen LogP contribution in [0.5, 0.6) is 0 Å². The van der Waals surface area contributed by atoms with E-state index in [1.165, 1.54) is 0 Å². The minimum Gasteiger partial charge on any atom is -0.207 e. The maximum atomic E-state index is 13.3. The first-order valence-electron chi connectivity index (χ1n) is 4.20. The van der Waals surface area contributed by atoms with E-state index in [0.29, 0.717) is 6.07 Å². The van der Waals surface area contributed by atoms with Crippen LogP contribution >= 0.6 is 8.25 Å². The molecule has 5 nitrogen and oxygen atoms in total. The molecular formula is C8H8F2O5PS+. The molecule has 0 radical (unpaired) electrons. The van der Waals surface area contributed by atoms with E-state index in [-0.39, 0.29) is 0 Å². The summed E-state index contributed by atoms with van der Waals surface area (Å²) in [6, 6.07) is 1.42. The van der Waals surface area contributed by atoms with Gasteiger partial charge in [0.2, 0.25) is 0 Å². The molecule has 0 aromatic heterocycles. The highest BCUT2D eigenvalue weighted by molar-refractivity contribution is 7.89. The lowest BCUT2D eigenvalue weighted by Crippen LogP contribution is -2.08. The van der Waals surface area contributed by atoms with Crippen molar-refractivity contribution in [2.24, 2.45) is 0 Å². The molecule has 0 aliphatic carbocycles. The van der Waals surface area contributed by atoms with Crippen molar-refractivity contribution in [1.82, 2.24) is 0 Å². The molecule has 0 fully saturated rings. The fourth-order valence-corrected chi connectivity index (χ4v) is 3.05. The quantitative estimate of drug-likeness (QED) is 0.794. The van der Waals surface area contributed by atoms with Gasteiger partial charge in [-0.05, 0) is 19.1 Å². The van der Waals surface area contributed by atoms with E-state index < -0.39 is 40.5 Å². The van der Waals surface area contributed by atoms with Crippen LogP contribution in [0, 0.1) is 18.6 Å². The molecule has 1 atom stereocenters. The average molecular weight is 285 g/mol. The van der Waals surface area contributed by atoms with Gasteiger partial charge < -0.3 is 0 Å². The van der Waals surface area contributed by atoms with Gasteiger partial charge in [0.1, 0.15) is 16.5 Å². The molecule has 1 unspecified atom stereocenters. The van der Waals surface area contributed by atoms with Gasteiger partial charge in [0, 0.05) is 14.1 Å². The Hall–Kier alpha value is -0.950. The first-order chi connectivity index (χ1) is 7.79. The summed E-state index contributed by atoms with van der Waals surface area (Å²) in [5.41, 5.74) is -0.454. The molecule has 0 aliphatic heterocycles. The second-order valence-electron chi connectivity index (χ2n) is 2.92. The zero-order valence-corrected chi connectivity index (χ0v) is 10.5. The number of hydrogen-bond donors (Lipinski definition) is 0. The third-order valence-electron chi connectivity index (χ3n) is 1.85. The molecule has 94 valence electrons. The molecule has 1 aromatic carbocycles. The molecule has 0 saturated heterocycles. The smallest absolute Gasteiger partial charge is 0.207 e. The molecule has 17 heavy (non-hydrogen) atoms. The van der Waals surface area contributed by atoms with E-state index >= 15 is 0 Å². The van der Waals surface area contributed by atoms with E-state index in [1.54, 1.807) is 0 Å². The fraction of sp³-hybridized carbons (Fsp3) is 0.250. The molecule has 0 amide bonds. The summed E-state index contributed by atoms with van der Waals surface area (Å²) in [6.07, 6.45) is 0. The van der Waals surface area contributed by atoms with Gasteiger partial charge in [-0.15, -0.1) is 4.52 Å². The zero-order chi connectivity index (χ0) is 13.2. The highest BCUT2D eigenvalue weighted by Crippen LogP contribution is 2.32. The van der Waals surface area contributed by atoms with Crippen molar-refractivity contribution in [2.75, 3.05) is 7.11 Å². The van der Waals surface area contributed by atoms with Crippen molar-refractivity contribution in [2.45, 2.75) is 11.8 Å². The van der Waals surface area contributed by atoms with Crippen molar-refractivity contribution >= 4 is 18.4 Å². The average Bonchev–Trinajstić information content (AvgIpc) is 2.23. The van der Waals surface area contributed by atoms with Crippen LogP contribution in [0.2, 0.25) is 0 Å². The Bertz CT molecular complexity index is 557. The zero-order valence-electron chi connectivity index (χ0n) is 8.81. The largest absolute Gasteiger partial charge is 0.714 e. The van der Waals surface area contributed by atoms with Crippen molar-refractivity contribution in [3.63, 3.8) is 0 Å². The molecule has 0 heterocycles. The van der Waals surface area contributed by atoms with Crippen LogP contribution in [0.1, 0.15) is 5.56 Å². The van der Waals surface area contributed by atoms with Gasteiger partial charge in [-0.2, -0.15) is 8.42 Å². The van der Waals surface area contributed by atoms with Crippen LogP contribution in [-0.2, 0) is 23.2 Å². The second kappa shape index (κ2) is 5.14. The van der Waals surface area contributed by atoms with E-state index in [1.807, 2.05) is 0 Å². The third-order valence-corrected chi connectivity index (χ3v) is 4.42. The maximum absolute atomic E-state index is 13.3. The van der Waals surface area contributed by atoms with Crippen molar-refractivity contribution in [3.05, 3.63) is 29.3 Å². The summed E-state index contributed by atoms with van der Waals surface area (Å²) < 4.78 is 68.4. The van der Waals surface area contributed by atoms with Crippen LogP contribution in [0.3, 0.4) is 0 Å². The van der Waals surface area contributed by atoms with Crippen molar-refractivity contribution in [1.29, 1.82) is 0 Å². The maximum Gasteiger partial charge on any atom is 0.714 e. The molecule has 9 heteroatoms. The molecular weight excluding hydrogens is 277 g/mol. The first kappa shape index (κ1) is 14.1. The number of rotatable bonds is 4. The Morgan fingerprint density at radius 3 is 2.29 bits per heavy atom. The summed E-state index contributed by atoms with van der Waals surface area (Å²) in [7, 11) is -6.68. The van der Waals surface area contributed by atoms with Gasteiger partial charge >= 0.3 is 18.4 Å². The summed E-state index contributed by atoms with van der Waals surface area (Å²) in [5, 5.41) is 0. The standard InChI is InChI=1S/C8H8F2O5PS/c1-5-6(9)3-4-7(10)8(5)17(12,13)15-16(11)14-2/h3-4H,1-2H3/q+1. The van der Waals surface area contributed by atoms with Gasteiger partial charge in [-0.1, -0.05) is 0 Å². The Balaban J connectivity index is 3.34. The molecule has 0 aliphatic rings. The Morgan fingerprint density at radius 1 is 1.24 bits per heavy atom. The molecule has 1 aromatic rings. The van der Waals surface area contributed by atoms with Gasteiger partial charge in [-0.25, -0.2) is 8.78 Å².